The molecule has 1 N–H and O–H groups in total. The molecule has 0 heterocycles. The number of halogens is 3. The molecule has 1 aromatic carbocycles. The van der Waals surface area contributed by atoms with Crippen molar-refractivity contribution < 1.29 is 23.0 Å². The van der Waals surface area contributed by atoms with E-state index < -0.39 is 12.5 Å². The van der Waals surface area contributed by atoms with Crippen molar-refractivity contribution in [2.45, 2.75) is 12.5 Å². The van der Waals surface area contributed by atoms with Crippen LogP contribution in [0.3, 0.4) is 0 Å². The SMILES string of the molecule is C=C[C@@H](O)c1ccc(OC(F)(F)F)cc1. The molecule has 0 aliphatic rings. The summed E-state index contributed by atoms with van der Waals surface area (Å²) in [7, 11) is 0. The fraction of sp³-hybridized carbons (Fsp3) is 0.200. The number of ether oxygens (including phenoxy) is 1. The third-order valence-corrected chi connectivity index (χ3v) is 1.68. The van der Waals surface area contributed by atoms with Crippen molar-refractivity contribution in [3.63, 3.8) is 0 Å². The van der Waals surface area contributed by atoms with E-state index in [1.807, 2.05) is 0 Å². The highest BCUT2D eigenvalue weighted by Crippen LogP contribution is 2.24. The van der Waals surface area contributed by atoms with Crippen molar-refractivity contribution >= 4 is 0 Å². The predicted octanol–water partition coefficient (Wildman–Crippen LogP) is 2.80. The zero-order valence-corrected chi connectivity index (χ0v) is 7.66. The molecule has 0 spiro atoms. The van der Waals surface area contributed by atoms with Crippen LogP contribution in [-0.2, 0) is 0 Å². The molecule has 0 aliphatic carbocycles. The van der Waals surface area contributed by atoms with Gasteiger partial charge in [0.2, 0.25) is 0 Å². The minimum atomic E-state index is -4.70. The minimum Gasteiger partial charge on any atom is -0.406 e. The molecule has 0 aliphatic heterocycles. The molecule has 0 amide bonds. The largest absolute Gasteiger partial charge is 0.573 e. The number of aliphatic hydroxyl groups is 1. The summed E-state index contributed by atoms with van der Waals surface area (Å²) in [5, 5.41) is 9.27. The lowest BCUT2D eigenvalue weighted by Gasteiger charge is -2.10. The van der Waals surface area contributed by atoms with Crippen LogP contribution in [0.1, 0.15) is 11.7 Å². The molecule has 0 fully saturated rings. The summed E-state index contributed by atoms with van der Waals surface area (Å²) in [5.74, 6) is -0.317. The second-order valence-electron chi connectivity index (χ2n) is 2.80. The van der Waals surface area contributed by atoms with Crippen LogP contribution in [-0.4, -0.2) is 11.5 Å². The van der Waals surface area contributed by atoms with E-state index in [1.54, 1.807) is 0 Å². The van der Waals surface area contributed by atoms with Gasteiger partial charge in [-0.2, -0.15) is 0 Å². The molecule has 5 heteroatoms. The van der Waals surface area contributed by atoms with E-state index in [2.05, 4.69) is 11.3 Å². The van der Waals surface area contributed by atoms with Crippen LogP contribution in [0.5, 0.6) is 5.75 Å². The number of hydrogen-bond acceptors (Lipinski definition) is 2. The molecule has 15 heavy (non-hydrogen) atoms. The molecular formula is C10H9F3O2. The molecule has 0 saturated carbocycles. The summed E-state index contributed by atoms with van der Waals surface area (Å²) >= 11 is 0. The van der Waals surface area contributed by atoms with Gasteiger partial charge in [-0.3, -0.25) is 0 Å². The van der Waals surface area contributed by atoms with Gasteiger partial charge < -0.3 is 9.84 Å². The highest BCUT2D eigenvalue weighted by Gasteiger charge is 2.30. The number of aliphatic hydroxyl groups excluding tert-OH is 1. The van der Waals surface area contributed by atoms with Gasteiger partial charge in [0.1, 0.15) is 5.75 Å². The first-order valence-electron chi connectivity index (χ1n) is 4.09. The molecule has 2 nitrogen and oxygen atoms in total. The maximum absolute atomic E-state index is 11.8. The van der Waals surface area contributed by atoms with Crippen molar-refractivity contribution in [3.8, 4) is 5.75 Å². The van der Waals surface area contributed by atoms with Gasteiger partial charge in [0.05, 0.1) is 6.10 Å². The maximum atomic E-state index is 11.8. The molecule has 0 unspecified atom stereocenters. The average molecular weight is 218 g/mol. The number of alkyl halides is 3. The number of benzene rings is 1. The molecular weight excluding hydrogens is 209 g/mol. The average Bonchev–Trinajstić information content (AvgIpc) is 2.15. The predicted molar refractivity (Wildman–Crippen MR) is 48.3 cm³/mol. The Bertz CT molecular complexity index is 330. The van der Waals surface area contributed by atoms with Crippen LogP contribution in [0.25, 0.3) is 0 Å². The van der Waals surface area contributed by atoms with E-state index in [9.17, 15) is 18.3 Å². The Morgan fingerprint density at radius 2 is 1.80 bits per heavy atom. The Morgan fingerprint density at radius 3 is 2.20 bits per heavy atom. The monoisotopic (exact) mass is 218 g/mol. The third-order valence-electron chi connectivity index (χ3n) is 1.68. The number of hydrogen-bond donors (Lipinski definition) is 1. The first-order chi connectivity index (χ1) is 6.92. The van der Waals surface area contributed by atoms with Crippen LogP contribution < -0.4 is 4.74 Å². The van der Waals surface area contributed by atoms with Gasteiger partial charge in [-0.1, -0.05) is 18.2 Å². The fourth-order valence-electron chi connectivity index (χ4n) is 1.00. The quantitative estimate of drug-likeness (QED) is 0.790. The first-order valence-corrected chi connectivity index (χ1v) is 4.09. The Kier molecular flexibility index (Phi) is 3.36. The summed E-state index contributed by atoms with van der Waals surface area (Å²) in [5.41, 5.74) is 0.458. The first kappa shape index (κ1) is 11.6. The van der Waals surface area contributed by atoms with Gasteiger partial charge in [0, 0.05) is 0 Å². The van der Waals surface area contributed by atoms with E-state index in [4.69, 9.17) is 0 Å². The van der Waals surface area contributed by atoms with Crippen LogP contribution in [0.2, 0.25) is 0 Å². The lowest BCUT2D eigenvalue weighted by molar-refractivity contribution is -0.274. The molecule has 1 aromatic rings. The Morgan fingerprint density at radius 1 is 1.27 bits per heavy atom. The van der Waals surface area contributed by atoms with E-state index in [1.165, 1.54) is 18.2 Å². The van der Waals surface area contributed by atoms with E-state index in [0.717, 1.165) is 12.1 Å². The second-order valence-corrected chi connectivity index (χ2v) is 2.80. The summed E-state index contributed by atoms with van der Waals surface area (Å²) in [6, 6.07) is 4.95. The van der Waals surface area contributed by atoms with Crippen molar-refractivity contribution in [2.24, 2.45) is 0 Å². The topological polar surface area (TPSA) is 29.5 Å². The molecule has 1 atom stereocenters. The summed E-state index contributed by atoms with van der Waals surface area (Å²) < 4.78 is 39.0. The third kappa shape index (κ3) is 3.63. The van der Waals surface area contributed by atoms with E-state index in [0.29, 0.717) is 5.56 Å². The van der Waals surface area contributed by atoms with Gasteiger partial charge in [-0.25, -0.2) is 0 Å². The zero-order valence-electron chi connectivity index (χ0n) is 7.66. The zero-order chi connectivity index (χ0) is 11.5. The molecule has 82 valence electrons. The van der Waals surface area contributed by atoms with Gasteiger partial charge in [0.15, 0.2) is 0 Å². The lowest BCUT2D eigenvalue weighted by Crippen LogP contribution is -2.17. The Hall–Kier alpha value is -1.49. The normalized spacial score (nSPS) is 13.3. The Balaban J connectivity index is 2.77. The standard InChI is InChI=1S/C10H9F3O2/c1-2-9(14)7-3-5-8(6-4-7)15-10(11,12)13/h2-6,9,14H,1H2/t9-/m1/s1. The summed E-state index contributed by atoms with van der Waals surface area (Å²) in [6.45, 7) is 3.36. The van der Waals surface area contributed by atoms with E-state index in [-0.39, 0.29) is 5.75 Å². The Labute approximate surface area is 84.6 Å². The van der Waals surface area contributed by atoms with Crippen molar-refractivity contribution in [1.82, 2.24) is 0 Å². The van der Waals surface area contributed by atoms with Crippen molar-refractivity contribution in [3.05, 3.63) is 42.5 Å². The maximum Gasteiger partial charge on any atom is 0.573 e. The van der Waals surface area contributed by atoms with Crippen LogP contribution in [0.15, 0.2) is 36.9 Å². The van der Waals surface area contributed by atoms with Gasteiger partial charge >= 0.3 is 6.36 Å². The molecule has 0 saturated heterocycles. The smallest absolute Gasteiger partial charge is 0.406 e. The lowest BCUT2D eigenvalue weighted by atomic mass is 10.1. The van der Waals surface area contributed by atoms with Crippen LogP contribution >= 0.6 is 0 Å². The van der Waals surface area contributed by atoms with Crippen molar-refractivity contribution in [1.29, 1.82) is 0 Å². The fourth-order valence-corrected chi connectivity index (χ4v) is 1.00. The molecule has 1 rings (SSSR count). The minimum absolute atomic E-state index is 0.317. The highest BCUT2D eigenvalue weighted by atomic mass is 19.4. The second kappa shape index (κ2) is 4.35. The highest BCUT2D eigenvalue weighted by molar-refractivity contribution is 5.29. The van der Waals surface area contributed by atoms with E-state index >= 15 is 0 Å². The van der Waals surface area contributed by atoms with Crippen molar-refractivity contribution in [2.75, 3.05) is 0 Å². The van der Waals surface area contributed by atoms with Crippen LogP contribution in [0.4, 0.5) is 13.2 Å². The number of rotatable bonds is 3. The van der Waals surface area contributed by atoms with Gasteiger partial charge in [-0.05, 0) is 17.7 Å². The molecule has 0 aromatic heterocycles. The summed E-state index contributed by atoms with van der Waals surface area (Å²) in [4.78, 5) is 0. The summed E-state index contributed by atoms with van der Waals surface area (Å²) in [6.07, 6.45) is -4.30. The van der Waals surface area contributed by atoms with Crippen LogP contribution in [0, 0.1) is 0 Å². The van der Waals surface area contributed by atoms with Gasteiger partial charge in [0.25, 0.3) is 0 Å². The van der Waals surface area contributed by atoms with Gasteiger partial charge in [-0.15, -0.1) is 19.8 Å². The molecule has 0 radical (unpaired) electrons. The molecule has 0 bridgehead atoms.